The molecule has 1 rings (SSSR count). The minimum absolute atomic E-state index is 0.484. The number of anilines is 1. The number of nitrogens with zero attached hydrogens (tertiary/aromatic N) is 1. The highest BCUT2D eigenvalue weighted by atomic mass is 16.5. The monoisotopic (exact) mass is 282 g/mol. The van der Waals surface area contributed by atoms with Gasteiger partial charge in [0, 0.05) is 18.3 Å². The molecule has 2 N–H and O–H groups in total. The predicted molar refractivity (Wildman–Crippen MR) is 81.5 cm³/mol. The number of nitrogens with two attached hydrogens (primary N) is 1. The maximum atomic E-state index is 5.73. The molecule has 0 aliphatic rings. The van der Waals surface area contributed by atoms with Gasteiger partial charge in [0.05, 0.1) is 20.3 Å². The first-order valence-electron chi connectivity index (χ1n) is 7.07. The second-order valence-electron chi connectivity index (χ2n) is 4.40. The van der Waals surface area contributed by atoms with Crippen LogP contribution >= 0.6 is 0 Å². The Morgan fingerprint density at radius 3 is 2.45 bits per heavy atom. The van der Waals surface area contributed by atoms with E-state index in [0.717, 1.165) is 26.2 Å². The van der Waals surface area contributed by atoms with Crippen molar-refractivity contribution in [3.63, 3.8) is 0 Å². The molecule has 0 unspecified atom stereocenters. The first kappa shape index (κ1) is 16.6. The van der Waals surface area contributed by atoms with Crippen molar-refractivity contribution in [1.82, 2.24) is 4.90 Å². The molecule has 5 nitrogen and oxygen atoms in total. The molecule has 0 bridgehead atoms. The number of hydrogen-bond donors (Lipinski definition) is 1. The van der Waals surface area contributed by atoms with E-state index in [0.29, 0.717) is 30.4 Å². The smallest absolute Gasteiger partial charge is 0.163 e. The third kappa shape index (κ3) is 5.67. The molecular formula is C15H26N2O3. The van der Waals surface area contributed by atoms with Crippen molar-refractivity contribution in [2.75, 3.05) is 52.3 Å². The fourth-order valence-electron chi connectivity index (χ4n) is 1.85. The summed E-state index contributed by atoms with van der Waals surface area (Å²) in [6.07, 6.45) is 0. The summed E-state index contributed by atoms with van der Waals surface area (Å²) in [4.78, 5) is 2.32. The quantitative estimate of drug-likeness (QED) is 0.525. The van der Waals surface area contributed by atoms with Gasteiger partial charge in [-0.2, -0.15) is 0 Å². The molecular weight excluding hydrogens is 256 g/mol. The normalized spacial score (nSPS) is 10.8. The summed E-state index contributed by atoms with van der Waals surface area (Å²) in [7, 11) is 1.61. The molecule has 0 atom stereocenters. The molecule has 5 heteroatoms. The van der Waals surface area contributed by atoms with Crippen LogP contribution in [-0.4, -0.2) is 51.5 Å². The second-order valence-corrected chi connectivity index (χ2v) is 4.40. The lowest BCUT2D eigenvalue weighted by atomic mass is 10.3. The van der Waals surface area contributed by atoms with E-state index in [9.17, 15) is 0 Å². The number of nitrogen functional groups attached to an aromatic ring is 1. The van der Waals surface area contributed by atoms with E-state index in [1.165, 1.54) is 0 Å². The van der Waals surface area contributed by atoms with Gasteiger partial charge in [0.1, 0.15) is 6.61 Å². The van der Waals surface area contributed by atoms with Gasteiger partial charge in [-0.3, -0.25) is 0 Å². The third-order valence-corrected chi connectivity index (χ3v) is 3.12. The van der Waals surface area contributed by atoms with Gasteiger partial charge < -0.3 is 24.8 Å². The van der Waals surface area contributed by atoms with Crippen molar-refractivity contribution < 1.29 is 14.2 Å². The number of benzene rings is 1. The lowest BCUT2D eigenvalue weighted by molar-refractivity contribution is 0.0812. The third-order valence-electron chi connectivity index (χ3n) is 3.12. The maximum absolute atomic E-state index is 5.73. The van der Waals surface area contributed by atoms with Crippen LogP contribution in [0.15, 0.2) is 18.2 Å². The summed E-state index contributed by atoms with van der Waals surface area (Å²) in [6, 6.07) is 5.34. The Balaban J connectivity index is 2.23. The highest BCUT2D eigenvalue weighted by Crippen LogP contribution is 2.28. The highest BCUT2D eigenvalue weighted by molar-refractivity contribution is 5.51. The van der Waals surface area contributed by atoms with Crippen molar-refractivity contribution in [2.24, 2.45) is 0 Å². The van der Waals surface area contributed by atoms with E-state index in [-0.39, 0.29) is 0 Å². The lowest BCUT2D eigenvalue weighted by Gasteiger charge is -2.17. The van der Waals surface area contributed by atoms with Gasteiger partial charge in [-0.25, -0.2) is 0 Å². The summed E-state index contributed by atoms with van der Waals surface area (Å²) in [5.41, 5.74) is 6.38. The van der Waals surface area contributed by atoms with Crippen LogP contribution in [0.2, 0.25) is 0 Å². The molecule has 0 fully saturated rings. The molecule has 114 valence electrons. The molecule has 0 amide bonds. The zero-order valence-corrected chi connectivity index (χ0v) is 12.7. The molecule has 1 aromatic rings. The van der Waals surface area contributed by atoms with Gasteiger partial charge in [0.15, 0.2) is 11.5 Å². The van der Waals surface area contributed by atoms with Crippen molar-refractivity contribution in [3.8, 4) is 11.5 Å². The van der Waals surface area contributed by atoms with E-state index in [4.69, 9.17) is 19.9 Å². The minimum atomic E-state index is 0.484. The summed E-state index contributed by atoms with van der Waals surface area (Å²) in [5.74, 6) is 1.34. The average Bonchev–Trinajstić information content (AvgIpc) is 2.47. The number of methoxy groups -OCH3 is 1. The number of ether oxygens (including phenoxy) is 3. The SMILES string of the molecule is CCN(CC)CCOCCOc1cc(N)ccc1OC. The Bertz CT molecular complexity index is 381. The molecule has 1 aromatic carbocycles. The molecule has 0 aliphatic heterocycles. The van der Waals surface area contributed by atoms with E-state index in [1.54, 1.807) is 25.3 Å². The maximum Gasteiger partial charge on any atom is 0.163 e. The molecule has 0 radical (unpaired) electrons. The van der Waals surface area contributed by atoms with Crippen LogP contribution in [-0.2, 0) is 4.74 Å². The van der Waals surface area contributed by atoms with Gasteiger partial charge in [0.2, 0.25) is 0 Å². The molecule has 20 heavy (non-hydrogen) atoms. The molecule has 0 aliphatic carbocycles. The fraction of sp³-hybridized carbons (Fsp3) is 0.600. The minimum Gasteiger partial charge on any atom is -0.493 e. The first-order chi connectivity index (χ1) is 9.71. The largest absolute Gasteiger partial charge is 0.493 e. The van der Waals surface area contributed by atoms with Crippen molar-refractivity contribution in [1.29, 1.82) is 0 Å². The van der Waals surface area contributed by atoms with Crippen LogP contribution in [0.4, 0.5) is 5.69 Å². The second kappa shape index (κ2) is 9.44. The van der Waals surface area contributed by atoms with E-state index in [1.807, 2.05) is 0 Å². The average molecular weight is 282 g/mol. The molecule has 0 saturated heterocycles. The highest BCUT2D eigenvalue weighted by Gasteiger charge is 2.04. The van der Waals surface area contributed by atoms with Gasteiger partial charge in [-0.05, 0) is 25.2 Å². The molecule has 0 aromatic heterocycles. The fourth-order valence-corrected chi connectivity index (χ4v) is 1.85. The van der Waals surface area contributed by atoms with E-state index < -0.39 is 0 Å². The molecule has 0 heterocycles. The predicted octanol–water partition coefficient (Wildman–Crippen LogP) is 2.01. The molecule has 0 saturated carbocycles. The summed E-state index contributed by atoms with van der Waals surface area (Å²) in [5, 5.41) is 0. The lowest BCUT2D eigenvalue weighted by Crippen LogP contribution is -2.27. The van der Waals surface area contributed by atoms with Gasteiger partial charge >= 0.3 is 0 Å². The van der Waals surface area contributed by atoms with E-state index >= 15 is 0 Å². The van der Waals surface area contributed by atoms with E-state index in [2.05, 4.69) is 18.7 Å². The summed E-state index contributed by atoms with van der Waals surface area (Å²) >= 11 is 0. The Morgan fingerprint density at radius 2 is 1.80 bits per heavy atom. The van der Waals surface area contributed by atoms with Crippen LogP contribution in [0.5, 0.6) is 11.5 Å². The standard InChI is InChI=1S/C15H26N2O3/c1-4-17(5-2)8-9-19-10-11-20-15-12-13(16)6-7-14(15)18-3/h6-7,12H,4-5,8-11,16H2,1-3H3. The summed E-state index contributed by atoms with van der Waals surface area (Å²) in [6.45, 7) is 9.12. The number of likely N-dealkylation sites (N-methyl/N-ethyl adjacent to an activating group) is 1. The first-order valence-corrected chi connectivity index (χ1v) is 7.07. The van der Waals surface area contributed by atoms with Gasteiger partial charge in [0.25, 0.3) is 0 Å². The summed E-state index contributed by atoms with van der Waals surface area (Å²) < 4.78 is 16.4. The van der Waals surface area contributed by atoms with Gasteiger partial charge in [-0.1, -0.05) is 13.8 Å². The van der Waals surface area contributed by atoms with Crippen molar-refractivity contribution >= 4 is 5.69 Å². The Hall–Kier alpha value is -1.46. The van der Waals surface area contributed by atoms with Crippen molar-refractivity contribution in [2.45, 2.75) is 13.8 Å². The topological polar surface area (TPSA) is 57.0 Å². The van der Waals surface area contributed by atoms with Crippen LogP contribution < -0.4 is 15.2 Å². The van der Waals surface area contributed by atoms with Crippen LogP contribution in [0.1, 0.15) is 13.8 Å². The molecule has 0 spiro atoms. The zero-order valence-electron chi connectivity index (χ0n) is 12.7. The Kier molecular flexibility index (Phi) is 7.84. The van der Waals surface area contributed by atoms with Crippen molar-refractivity contribution in [3.05, 3.63) is 18.2 Å². The zero-order chi connectivity index (χ0) is 14.8. The number of hydrogen-bond acceptors (Lipinski definition) is 5. The number of rotatable bonds is 10. The Labute approximate surface area is 121 Å². The van der Waals surface area contributed by atoms with Crippen LogP contribution in [0.25, 0.3) is 0 Å². The van der Waals surface area contributed by atoms with Crippen LogP contribution in [0.3, 0.4) is 0 Å². The van der Waals surface area contributed by atoms with Gasteiger partial charge in [-0.15, -0.1) is 0 Å². The van der Waals surface area contributed by atoms with Crippen LogP contribution in [0, 0.1) is 0 Å². The Morgan fingerprint density at radius 1 is 1.05 bits per heavy atom.